The SMILES string of the molecule is COn1cc(C[C@H](CO)NC(C)=O)c2ccccc21. The Morgan fingerprint density at radius 3 is 2.84 bits per heavy atom. The summed E-state index contributed by atoms with van der Waals surface area (Å²) in [5.74, 6) is -0.144. The van der Waals surface area contributed by atoms with Crippen molar-refractivity contribution in [3.05, 3.63) is 36.0 Å². The van der Waals surface area contributed by atoms with Gasteiger partial charge in [0.1, 0.15) is 7.11 Å². The molecule has 0 aliphatic carbocycles. The first-order chi connectivity index (χ1) is 9.15. The maximum absolute atomic E-state index is 11.1. The number of hydrogen-bond donors (Lipinski definition) is 2. The number of aliphatic hydroxyl groups excluding tert-OH is 1. The molecule has 2 N–H and O–H groups in total. The van der Waals surface area contributed by atoms with Crippen LogP contribution in [0.1, 0.15) is 12.5 Å². The van der Waals surface area contributed by atoms with Gasteiger partial charge in [-0.3, -0.25) is 4.79 Å². The molecule has 0 saturated heterocycles. The van der Waals surface area contributed by atoms with Gasteiger partial charge < -0.3 is 15.3 Å². The van der Waals surface area contributed by atoms with Crippen molar-refractivity contribution in [2.75, 3.05) is 13.7 Å². The zero-order chi connectivity index (χ0) is 13.8. The number of fused-ring (bicyclic) bond motifs is 1. The summed E-state index contributed by atoms with van der Waals surface area (Å²) in [4.78, 5) is 16.3. The van der Waals surface area contributed by atoms with Crippen LogP contribution in [-0.4, -0.2) is 35.5 Å². The number of para-hydroxylation sites is 1. The van der Waals surface area contributed by atoms with E-state index in [2.05, 4.69) is 5.32 Å². The van der Waals surface area contributed by atoms with Gasteiger partial charge in [0.05, 0.1) is 18.2 Å². The van der Waals surface area contributed by atoms with Gasteiger partial charge >= 0.3 is 0 Å². The average molecular weight is 262 g/mol. The second-order valence-electron chi connectivity index (χ2n) is 4.46. The summed E-state index contributed by atoms with van der Waals surface area (Å²) in [5.41, 5.74) is 2.00. The maximum atomic E-state index is 11.1. The minimum Gasteiger partial charge on any atom is -0.417 e. The Kier molecular flexibility index (Phi) is 4.06. The molecule has 0 radical (unpaired) electrons. The van der Waals surface area contributed by atoms with Crippen molar-refractivity contribution in [3.8, 4) is 0 Å². The van der Waals surface area contributed by atoms with Gasteiger partial charge in [-0.1, -0.05) is 18.2 Å². The van der Waals surface area contributed by atoms with E-state index < -0.39 is 0 Å². The molecule has 0 unspecified atom stereocenters. The van der Waals surface area contributed by atoms with Gasteiger partial charge in [-0.25, -0.2) is 0 Å². The van der Waals surface area contributed by atoms with Gasteiger partial charge in [0.2, 0.25) is 5.91 Å². The van der Waals surface area contributed by atoms with Gasteiger partial charge in [0.25, 0.3) is 0 Å². The predicted octanol–water partition coefficient (Wildman–Crippen LogP) is 0.739. The number of carbonyl (C=O) groups excluding carboxylic acids is 1. The lowest BCUT2D eigenvalue weighted by Crippen LogP contribution is -2.37. The molecule has 5 heteroatoms. The molecule has 0 bridgehead atoms. The highest BCUT2D eigenvalue weighted by Gasteiger charge is 2.14. The third-order valence-electron chi connectivity index (χ3n) is 3.05. The van der Waals surface area contributed by atoms with Gasteiger partial charge in [0, 0.05) is 18.5 Å². The van der Waals surface area contributed by atoms with Crippen molar-refractivity contribution in [1.29, 1.82) is 0 Å². The molecule has 1 atom stereocenters. The van der Waals surface area contributed by atoms with E-state index in [4.69, 9.17) is 4.84 Å². The van der Waals surface area contributed by atoms with Crippen LogP contribution in [0.2, 0.25) is 0 Å². The quantitative estimate of drug-likeness (QED) is 0.835. The lowest BCUT2D eigenvalue weighted by Gasteiger charge is -2.14. The van der Waals surface area contributed by atoms with Crippen LogP contribution in [0.3, 0.4) is 0 Å². The van der Waals surface area contributed by atoms with Crippen molar-refractivity contribution >= 4 is 16.8 Å². The van der Waals surface area contributed by atoms with Crippen LogP contribution in [-0.2, 0) is 11.2 Å². The van der Waals surface area contributed by atoms with E-state index in [9.17, 15) is 9.90 Å². The summed E-state index contributed by atoms with van der Waals surface area (Å²) >= 11 is 0. The Bertz CT molecular complexity index is 577. The topological polar surface area (TPSA) is 63.5 Å². The van der Waals surface area contributed by atoms with Crippen molar-refractivity contribution in [3.63, 3.8) is 0 Å². The van der Waals surface area contributed by atoms with E-state index in [1.807, 2.05) is 30.5 Å². The minimum absolute atomic E-state index is 0.0912. The third kappa shape index (κ3) is 2.88. The van der Waals surface area contributed by atoms with Crippen molar-refractivity contribution < 1.29 is 14.7 Å². The first-order valence-corrected chi connectivity index (χ1v) is 6.17. The highest BCUT2D eigenvalue weighted by molar-refractivity contribution is 5.83. The van der Waals surface area contributed by atoms with E-state index in [1.165, 1.54) is 6.92 Å². The van der Waals surface area contributed by atoms with Crippen molar-refractivity contribution in [2.45, 2.75) is 19.4 Å². The summed E-state index contributed by atoms with van der Waals surface area (Å²) < 4.78 is 1.69. The third-order valence-corrected chi connectivity index (χ3v) is 3.05. The largest absolute Gasteiger partial charge is 0.417 e. The highest BCUT2D eigenvalue weighted by atomic mass is 16.6. The molecule has 1 aromatic heterocycles. The Hall–Kier alpha value is -2.01. The molecule has 5 nitrogen and oxygen atoms in total. The average Bonchev–Trinajstić information content (AvgIpc) is 2.76. The van der Waals surface area contributed by atoms with Crippen LogP contribution >= 0.6 is 0 Å². The minimum atomic E-state index is -0.284. The Balaban J connectivity index is 2.31. The predicted molar refractivity (Wildman–Crippen MR) is 72.8 cm³/mol. The van der Waals surface area contributed by atoms with E-state index in [1.54, 1.807) is 11.8 Å². The zero-order valence-corrected chi connectivity index (χ0v) is 11.1. The summed E-state index contributed by atoms with van der Waals surface area (Å²) in [6.45, 7) is 1.35. The molecule has 0 spiro atoms. The molecule has 0 fully saturated rings. The van der Waals surface area contributed by atoms with E-state index in [0.717, 1.165) is 16.5 Å². The second-order valence-corrected chi connectivity index (χ2v) is 4.46. The summed E-state index contributed by atoms with van der Waals surface area (Å²) in [6.07, 6.45) is 2.45. The standard InChI is InChI=1S/C14H18N2O3/c1-10(18)15-12(9-17)7-11-8-16(19-2)14-6-4-3-5-13(11)14/h3-6,8,12,17H,7,9H2,1-2H3,(H,15,18)/t12-/m1/s1. The van der Waals surface area contributed by atoms with E-state index in [-0.39, 0.29) is 18.6 Å². The molecular weight excluding hydrogens is 244 g/mol. The van der Waals surface area contributed by atoms with Crippen LogP contribution < -0.4 is 10.2 Å². The fourth-order valence-corrected chi connectivity index (χ4v) is 2.25. The zero-order valence-electron chi connectivity index (χ0n) is 11.1. The molecular formula is C14H18N2O3. The molecule has 1 aromatic carbocycles. The van der Waals surface area contributed by atoms with Gasteiger partial charge in [-0.2, -0.15) is 4.73 Å². The fraction of sp³-hybridized carbons (Fsp3) is 0.357. The van der Waals surface area contributed by atoms with Crippen LogP contribution in [0.15, 0.2) is 30.5 Å². The molecule has 0 aliphatic heterocycles. The number of carbonyl (C=O) groups is 1. The molecule has 0 aliphatic rings. The van der Waals surface area contributed by atoms with Gasteiger partial charge in [0.15, 0.2) is 0 Å². The molecule has 2 aromatic rings. The molecule has 1 amide bonds. The summed E-state index contributed by atoms with van der Waals surface area (Å²) in [7, 11) is 1.60. The van der Waals surface area contributed by atoms with E-state index >= 15 is 0 Å². The van der Waals surface area contributed by atoms with E-state index in [0.29, 0.717) is 6.42 Å². The Labute approximate surface area is 111 Å². The summed E-state index contributed by atoms with van der Waals surface area (Å²) in [5, 5.41) is 13.1. The fourth-order valence-electron chi connectivity index (χ4n) is 2.25. The lowest BCUT2D eigenvalue weighted by molar-refractivity contribution is -0.119. The maximum Gasteiger partial charge on any atom is 0.217 e. The molecule has 0 saturated carbocycles. The highest BCUT2D eigenvalue weighted by Crippen LogP contribution is 2.21. The molecule has 2 rings (SSSR count). The molecule has 19 heavy (non-hydrogen) atoms. The van der Waals surface area contributed by atoms with Crippen LogP contribution in [0.5, 0.6) is 0 Å². The first kappa shape index (κ1) is 13.4. The number of aromatic nitrogens is 1. The first-order valence-electron chi connectivity index (χ1n) is 6.17. The van der Waals surface area contributed by atoms with Crippen LogP contribution in [0.25, 0.3) is 10.9 Å². The van der Waals surface area contributed by atoms with Crippen molar-refractivity contribution in [1.82, 2.24) is 10.0 Å². The normalized spacial score (nSPS) is 12.4. The Morgan fingerprint density at radius 2 is 2.21 bits per heavy atom. The second kappa shape index (κ2) is 5.75. The number of nitrogens with one attached hydrogen (secondary N) is 1. The number of nitrogens with zero attached hydrogens (tertiary/aromatic N) is 1. The van der Waals surface area contributed by atoms with Crippen molar-refractivity contribution in [2.24, 2.45) is 0 Å². The van der Waals surface area contributed by atoms with Crippen LogP contribution in [0, 0.1) is 0 Å². The number of rotatable bonds is 5. The van der Waals surface area contributed by atoms with Gasteiger partial charge in [-0.15, -0.1) is 0 Å². The molecule has 102 valence electrons. The number of hydrogen-bond acceptors (Lipinski definition) is 3. The summed E-state index contributed by atoms with van der Waals surface area (Å²) in [6, 6.07) is 7.59. The monoisotopic (exact) mass is 262 g/mol. The smallest absolute Gasteiger partial charge is 0.217 e. The number of benzene rings is 1. The Morgan fingerprint density at radius 1 is 1.47 bits per heavy atom. The van der Waals surface area contributed by atoms with Crippen LogP contribution in [0.4, 0.5) is 0 Å². The van der Waals surface area contributed by atoms with Gasteiger partial charge in [-0.05, 0) is 18.1 Å². The number of aliphatic hydroxyl groups is 1. The molecule has 1 heterocycles. The lowest BCUT2D eigenvalue weighted by atomic mass is 10.1. The number of amides is 1.